The van der Waals surface area contributed by atoms with Crippen molar-refractivity contribution in [3.05, 3.63) is 39.4 Å². The highest BCUT2D eigenvalue weighted by Gasteiger charge is 2.26. The van der Waals surface area contributed by atoms with Crippen molar-refractivity contribution in [1.29, 1.82) is 5.26 Å². The van der Waals surface area contributed by atoms with Crippen LogP contribution in [0, 0.1) is 28.4 Å². The Hall–Kier alpha value is -2.42. The summed E-state index contributed by atoms with van der Waals surface area (Å²) in [5.74, 6) is -0.437. The molecule has 0 saturated carbocycles. The Kier molecular flexibility index (Phi) is 4.59. The molecule has 1 aromatic carbocycles. The molecule has 0 aromatic heterocycles. The highest BCUT2D eigenvalue weighted by molar-refractivity contribution is 5.99. The van der Waals surface area contributed by atoms with E-state index in [1.807, 2.05) is 6.07 Å². The fourth-order valence-corrected chi connectivity index (χ4v) is 1.73. The lowest BCUT2D eigenvalue weighted by atomic mass is 10.0. The number of nitriles is 1. The summed E-state index contributed by atoms with van der Waals surface area (Å²) >= 11 is 0. The first-order valence-corrected chi connectivity index (χ1v) is 5.78. The smallest absolute Gasteiger partial charge is 0.282 e. The van der Waals surface area contributed by atoms with E-state index in [4.69, 9.17) is 5.26 Å². The summed E-state index contributed by atoms with van der Waals surface area (Å²) in [6.07, 6.45) is 0.182. The molecule has 19 heavy (non-hydrogen) atoms. The second-order valence-electron chi connectivity index (χ2n) is 4.35. The van der Waals surface area contributed by atoms with Gasteiger partial charge in [-0.25, -0.2) is 0 Å². The first-order valence-electron chi connectivity index (χ1n) is 5.78. The van der Waals surface area contributed by atoms with Crippen molar-refractivity contribution in [2.45, 2.75) is 26.3 Å². The van der Waals surface area contributed by atoms with Crippen LogP contribution in [0.25, 0.3) is 0 Å². The maximum atomic E-state index is 12.3. The molecule has 0 heterocycles. The SMILES string of the molecule is Cc1cccc([N+](=O)[O-])c1C(=O)N(C)C(C)CC#N. The molecule has 0 fully saturated rings. The normalized spacial score (nSPS) is 11.5. The molecule has 0 aliphatic carbocycles. The molecule has 0 saturated heterocycles. The van der Waals surface area contributed by atoms with Gasteiger partial charge >= 0.3 is 0 Å². The van der Waals surface area contributed by atoms with Crippen LogP contribution in [0.2, 0.25) is 0 Å². The van der Waals surface area contributed by atoms with Crippen molar-refractivity contribution < 1.29 is 9.72 Å². The Morgan fingerprint density at radius 3 is 2.74 bits per heavy atom. The van der Waals surface area contributed by atoms with Crippen molar-refractivity contribution in [1.82, 2.24) is 4.90 Å². The molecule has 1 atom stereocenters. The fraction of sp³-hybridized carbons (Fsp3) is 0.385. The lowest BCUT2D eigenvalue weighted by Crippen LogP contribution is -2.35. The molecular formula is C13H15N3O3. The monoisotopic (exact) mass is 261 g/mol. The number of nitro benzene ring substituents is 1. The molecule has 0 spiro atoms. The van der Waals surface area contributed by atoms with E-state index in [0.717, 1.165) is 0 Å². The predicted octanol–water partition coefficient (Wildman–Crippen LogP) is 2.28. The van der Waals surface area contributed by atoms with Crippen LogP contribution in [-0.4, -0.2) is 28.8 Å². The molecule has 0 aliphatic heterocycles. The number of nitro groups is 1. The van der Waals surface area contributed by atoms with E-state index in [1.54, 1.807) is 33.0 Å². The molecule has 1 aromatic rings. The quantitative estimate of drug-likeness (QED) is 0.614. The number of nitrogens with zero attached hydrogens (tertiary/aromatic N) is 3. The Morgan fingerprint density at radius 2 is 2.21 bits per heavy atom. The van der Waals surface area contributed by atoms with E-state index in [2.05, 4.69) is 0 Å². The Balaban J connectivity index is 3.20. The van der Waals surface area contributed by atoms with E-state index >= 15 is 0 Å². The van der Waals surface area contributed by atoms with E-state index in [-0.39, 0.29) is 23.7 Å². The van der Waals surface area contributed by atoms with Gasteiger partial charge in [0.1, 0.15) is 5.56 Å². The van der Waals surface area contributed by atoms with Gasteiger partial charge in [-0.15, -0.1) is 0 Å². The third-order valence-corrected chi connectivity index (χ3v) is 3.03. The Labute approximate surface area is 111 Å². The summed E-state index contributed by atoms with van der Waals surface area (Å²) in [5.41, 5.74) is 0.427. The number of benzene rings is 1. The van der Waals surface area contributed by atoms with Crippen molar-refractivity contribution in [3.8, 4) is 6.07 Å². The zero-order valence-electron chi connectivity index (χ0n) is 11.1. The second-order valence-corrected chi connectivity index (χ2v) is 4.35. The van der Waals surface area contributed by atoms with Gasteiger partial charge in [0.15, 0.2) is 0 Å². The zero-order chi connectivity index (χ0) is 14.6. The maximum absolute atomic E-state index is 12.3. The summed E-state index contributed by atoms with van der Waals surface area (Å²) in [6.45, 7) is 3.38. The number of carbonyl (C=O) groups is 1. The Morgan fingerprint density at radius 1 is 1.58 bits per heavy atom. The van der Waals surface area contributed by atoms with Crippen LogP contribution in [0.5, 0.6) is 0 Å². The minimum Gasteiger partial charge on any atom is -0.338 e. The van der Waals surface area contributed by atoms with Gasteiger partial charge in [0.25, 0.3) is 11.6 Å². The summed E-state index contributed by atoms with van der Waals surface area (Å²) in [4.78, 5) is 24.1. The van der Waals surface area contributed by atoms with Gasteiger partial charge < -0.3 is 4.90 Å². The molecule has 0 radical (unpaired) electrons. The highest BCUT2D eigenvalue weighted by Crippen LogP contribution is 2.24. The van der Waals surface area contributed by atoms with Crippen LogP contribution in [0.4, 0.5) is 5.69 Å². The third-order valence-electron chi connectivity index (χ3n) is 3.03. The summed E-state index contributed by atoms with van der Waals surface area (Å²) in [6, 6.07) is 6.19. The van der Waals surface area contributed by atoms with Gasteiger partial charge in [-0.2, -0.15) is 5.26 Å². The van der Waals surface area contributed by atoms with Gasteiger partial charge in [0.2, 0.25) is 0 Å². The minimum absolute atomic E-state index is 0.0831. The Bertz CT molecular complexity index is 549. The fourth-order valence-electron chi connectivity index (χ4n) is 1.73. The summed E-state index contributed by atoms with van der Waals surface area (Å²) < 4.78 is 0. The van der Waals surface area contributed by atoms with E-state index in [1.165, 1.54) is 11.0 Å². The molecule has 1 amide bonds. The second kappa shape index (κ2) is 5.96. The predicted molar refractivity (Wildman–Crippen MR) is 69.6 cm³/mol. The topological polar surface area (TPSA) is 87.2 Å². The largest absolute Gasteiger partial charge is 0.338 e. The van der Waals surface area contributed by atoms with Crippen LogP contribution in [0.1, 0.15) is 29.3 Å². The molecule has 6 heteroatoms. The van der Waals surface area contributed by atoms with Gasteiger partial charge in [0, 0.05) is 19.2 Å². The minimum atomic E-state index is -0.566. The molecular weight excluding hydrogens is 246 g/mol. The summed E-state index contributed by atoms with van der Waals surface area (Å²) in [7, 11) is 1.54. The van der Waals surface area contributed by atoms with Crippen LogP contribution < -0.4 is 0 Å². The standard InChI is InChI=1S/C13H15N3O3/c1-9-5-4-6-11(16(18)19)12(9)13(17)15(3)10(2)7-8-14/h4-6,10H,7H2,1-3H3. The molecule has 0 N–H and O–H groups in total. The first-order chi connectivity index (χ1) is 8.90. The summed E-state index contributed by atoms with van der Waals surface area (Å²) in [5, 5.41) is 19.6. The van der Waals surface area contributed by atoms with Crippen molar-refractivity contribution >= 4 is 11.6 Å². The first kappa shape index (κ1) is 14.6. The van der Waals surface area contributed by atoms with Gasteiger partial charge in [-0.3, -0.25) is 14.9 Å². The lowest BCUT2D eigenvalue weighted by Gasteiger charge is -2.23. The maximum Gasteiger partial charge on any atom is 0.282 e. The highest BCUT2D eigenvalue weighted by atomic mass is 16.6. The number of amides is 1. The van der Waals surface area contributed by atoms with Gasteiger partial charge in [-0.05, 0) is 19.4 Å². The van der Waals surface area contributed by atoms with Crippen LogP contribution in [0.15, 0.2) is 18.2 Å². The molecule has 1 unspecified atom stereocenters. The zero-order valence-corrected chi connectivity index (χ0v) is 11.1. The van der Waals surface area contributed by atoms with Crippen molar-refractivity contribution in [2.24, 2.45) is 0 Å². The average Bonchev–Trinajstić information content (AvgIpc) is 2.36. The van der Waals surface area contributed by atoms with Gasteiger partial charge in [0.05, 0.1) is 17.4 Å². The van der Waals surface area contributed by atoms with Gasteiger partial charge in [-0.1, -0.05) is 12.1 Å². The number of hydrogen-bond acceptors (Lipinski definition) is 4. The van der Waals surface area contributed by atoms with Crippen LogP contribution >= 0.6 is 0 Å². The number of hydrogen-bond donors (Lipinski definition) is 0. The molecule has 1 rings (SSSR count). The van der Waals surface area contributed by atoms with Crippen LogP contribution in [-0.2, 0) is 0 Å². The number of aryl methyl sites for hydroxylation is 1. The molecule has 0 aliphatic rings. The third kappa shape index (κ3) is 3.07. The van der Waals surface area contributed by atoms with Crippen LogP contribution in [0.3, 0.4) is 0 Å². The average molecular weight is 261 g/mol. The molecule has 6 nitrogen and oxygen atoms in total. The lowest BCUT2D eigenvalue weighted by molar-refractivity contribution is -0.385. The van der Waals surface area contributed by atoms with E-state index in [0.29, 0.717) is 5.56 Å². The number of rotatable bonds is 4. The van der Waals surface area contributed by atoms with E-state index < -0.39 is 10.8 Å². The molecule has 0 bridgehead atoms. The molecule has 100 valence electrons. The van der Waals surface area contributed by atoms with Crippen molar-refractivity contribution in [2.75, 3.05) is 7.05 Å². The van der Waals surface area contributed by atoms with Crippen molar-refractivity contribution in [3.63, 3.8) is 0 Å². The number of carbonyl (C=O) groups excluding carboxylic acids is 1. The van der Waals surface area contributed by atoms with E-state index in [9.17, 15) is 14.9 Å².